The number of nitro benzene ring substituents is 1. The van der Waals surface area contributed by atoms with Crippen LogP contribution >= 0.6 is 24.0 Å². The predicted molar refractivity (Wildman–Crippen MR) is 123 cm³/mol. The normalized spacial score (nSPS) is 12.1. The molecule has 1 aliphatic heterocycles. The maximum atomic E-state index is 10.7. The van der Waals surface area contributed by atoms with E-state index in [1.54, 1.807) is 19.2 Å². The lowest BCUT2D eigenvalue weighted by atomic mass is 10.1. The number of guanidine groups is 1. The molecule has 29 heavy (non-hydrogen) atoms. The molecule has 0 atom stereocenters. The first-order valence-corrected chi connectivity index (χ1v) is 8.97. The number of fused-ring (bicyclic) bond motifs is 1. The minimum atomic E-state index is -0.412. The van der Waals surface area contributed by atoms with Crippen LogP contribution in [0.1, 0.15) is 5.56 Å². The summed E-state index contributed by atoms with van der Waals surface area (Å²) in [4.78, 5) is 14.4. The van der Waals surface area contributed by atoms with Crippen molar-refractivity contribution in [2.75, 3.05) is 38.8 Å². The number of nitrogens with one attached hydrogen (secondary N) is 3. The number of rotatable bonds is 8. The fourth-order valence-electron chi connectivity index (χ4n) is 2.73. The lowest BCUT2D eigenvalue weighted by Gasteiger charge is -2.13. The molecule has 2 aromatic carbocycles. The minimum absolute atomic E-state index is 0. The molecule has 0 bridgehead atoms. The molecular weight excluding hydrogens is 489 g/mol. The highest BCUT2D eigenvalue weighted by Crippen LogP contribution is 2.32. The Morgan fingerprint density at radius 1 is 1.07 bits per heavy atom. The van der Waals surface area contributed by atoms with Gasteiger partial charge < -0.3 is 25.4 Å². The maximum Gasteiger partial charge on any atom is 0.269 e. The summed E-state index contributed by atoms with van der Waals surface area (Å²) in [6, 6.07) is 12.3. The van der Waals surface area contributed by atoms with E-state index in [1.807, 2.05) is 18.2 Å². The zero-order valence-electron chi connectivity index (χ0n) is 16.0. The zero-order chi connectivity index (χ0) is 19.8. The number of halogens is 1. The lowest BCUT2D eigenvalue weighted by molar-refractivity contribution is -0.384. The van der Waals surface area contributed by atoms with E-state index in [4.69, 9.17) is 9.47 Å². The molecule has 0 saturated heterocycles. The van der Waals surface area contributed by atoms with Crippen molar-refractivity contribution >= 4 is 41.3 Å². The standard InChI is InChI=1S/C19H23N5O4.HI/c1-20-19(22-9-8-14-2-7-17-18(12-14)28-13-27-17)23-11-10-21-15-3-5-16(6-4-15)24(25)26;/h2-7,12,21H,8-11,13H2,1H3,(H2,20,22,23);1H. The number of benzene rings is 2. The van der Waals surface area contributed by atoms with Gasteiger partial charge in [-0.2, -0.15) is 0 Å². The molecule has 1 heterocycles. The summed E-state index contributed by atoms with van der Waals surface area (Å²) < 4.78 is 10.7. The van der Waals surface area contributed by atoms with Crippen LogP contribution in [-0.4, -0.2) is 44.4 Å². The van der Waals surface area contributed by atoms with Crippen LogP contribution in [-0.2, 0) is 6.42 Å². The van der Waals surface area contributed by atoms with Gasteiger partial charge in [0.05, 0.1) is 4.92 Å². The summed E-state index contributed by atoms with van der Waals surface area (Å²) in [7, 11) is 1.72. The molecule has 0 unspecified atom stereocenters. The van der Waals surface area contributed by atoms with E-state index >= 15 is 0 Å². The monoisotopic (exact) mass is 513 g/mol. The van der Waals surface area contributed by atoms with E-state index in [1.165, 1.54) is 12.1 Å². The highest BCUT2D eigenvalue weighted by Gasteiger charge is 2.12. The van der Waals surface area contributed by atoms with Crippen LogP contribution < -0.4 is 25.4 Å². The predicted octanol–water partition coefficient (Wildman–Crippen LogP) is 2.76. The number of aliphatic imine (C=N–C) groups is 1. The fourth-order valence-corrected chi connectivity index (χ4v) is 2.73. The van der Waals surface area contributed by atoms with Crippen LogP contribution in [0, 0.1) is 10.1 Å². The van der Waals surface area contributed by atoms with Gasteiger partial charge in [-0.25, -0.2) is 0 Å². The summed E-state index contributed by atoms with van der Waals surface area (Å²) in [5, 5.41) is 20.3. The Balaban J connectivity index is 0.00000300. The molecule has 10 heteroatoms. The van der Waals surface area contributed by atoms with Crippen LogP contribution in [0.4, 0.5) is 11.4 Å². The summed E-state index contributed by atoms with van der Waals surface area (Å²) in [5.74, 6) is 2.29. The van der Waals surface area contributed by atoms with Crippen LogP contribution in [0.15, 0.2) is 47.5 Å². The average molecular weight is 513 g/mol. The molecule has 0 aliphatic carbocycles. The summed E-state index contributed by atoms with van der Waals surface area (Å²) in [5.41, 5.74) is 2.07. The molecule has 2 aromatic rings. The van der Waals surface area contributed by atoms with Crippen molar-refractivity contribution in [2.24, 2.45) is 4.99 Å². The van der Waals surface area contributed by atoms with Gasteiger partial charge >= 0.3 is 0 Å². The summed E-state index contributed by atoms with van der Waals surface area (Å²) in [6.45, 7) is 2.32. The van der Waals surface area contributed by atoms with Gasteiger partial charge in [-0.05, 0) is 36.2 Å². The average Bonchev–Trinajstić information content (AvgIpc) is 3.18. The highest BCUT2D eigenvalue weighted by molar-refractivity contribution is 14.0. The van der Waals surface area contributed by atoms with Gasteiger partial charge in [0.25, 0.3) is 5.69 Å². The molecule has 9 nitrogen and oxygen atoms in total. The van der Waals surface area contributed by atoms with Crippen molar-refractivity contribution in [3.05, 3.63) is 58.1 Å². The fraction of sp³-hybridized carbons (Fsp3) is 0.316. The molecule has 3 rings (SSSR count). The van der Waals surface area contributed by atoms with Gasteiger partial charge in [-0.3, -0.25) is 15.1 Å². The largest absolute Gasteiger partial charge is 0.454 e. The van der Waals surface area contributed by atoms with E-state index < -0.39 is 4.92 Å². The van der Waals surface area contributed by atoms with Gasteiger partial charge in [0.15, 0.2) is 17.5 Å². The smallest absolute Gasteiger partial charge is 0.269 e. The van der Waals surface area contributed by atoms with Crippen LogP contribution in [0.3, 0.4) is 0 Å². The first-order valence-electron chi connectivity index (χ1n) is 8.97. The van der Waals surface area contributed by atoms with Gasteiger partial charge in [0, 0.05) is 44.5 Å². The third-order valence-electron chi connectivity index (χ3n) is 4.19. The zero-order valence-corrected chi connectivity index (χ0v) is 18.3. The molecule has 156 valence electrons. The molecule has 0 spiro atoms. The first-order chi connectivity index (χ1) is 13.7. The van der Waals surface area contributed by atoms with Crippen molar-refractivity contribution in [1.29, 1.82) is 0 Å². The molecule has 3 N–H and O–H groups in total. The maximum absolute atomic E-state index is 10.7. The van der Waals surface area contributed by atoms with Crippen molar-refractivity contribution in [1.82, 2.24) is 10.6 Å². The molecule has 0 radical (unpaired) electrons. The number of nitro groups is 1. The summed E-state index contributed by atoms with van der Waals surface area (Å²) >= 11 is 0. The van der Waals surface area contributed by atoms with E-state index in [2.05, 4.69) is 20.9 Å². The Morgan fingerprint density at radius 2 is 1.79 bits per heavy atom. The Morgan fingerprint density at radius 3 is 2.52 bits per heavy atom. The molecule has 0 amide bonds. The number of hydrogen-bond donors (Lipinski definition) is 3. The Bertz CT molecular complexity index is 845. The second-order valence-corrected chi connectivity index (χ2v) is 6.09. The molecule has 0 saturated carbocycles. The molecule has 1 aliphatic rings. The van der Waals surface area contributed by atoms with Crippen LogP contribution in [0.25, 0.3) is 0 Å². The van der Waals surface area contributed by atoms with Crippen molar-refractivity contribution < 1.29 is 14.4 Å². The topological polar surface area (TPSA) is 110 Å². The second kappa shape index (κ2) is 11.3. The van der Waals surface area contributed by atoms with Crippen molar-refractivity contribution in [3.63, 3.8) is 0 Å². The van der Waals surface area contributed by atoms with Gasteiger partial charge in [-0.15, -0.1) is 24.0 Å². The third kappa shape index (κ3) is 6.66. The molecular formula is C19H24IN5O4. The van der Waals surface area contributed by atoms with Crippen molar-refractivity contribution in [3.8, 4) is 11.5 Å². The van der Waals surface area contributed by atoms with Gasteiger partial charge in [-0.1, -0.05) is 6.07 Å². The Kier molecular flexibility index (Phi) is 8.77. The summed E-state index contributed by atoms with van der Waals surface area (Å²) in [6.07, 6.45) is 0.832. The van der Waals surface area contributed by atoms with E-state index in [0.29, 0.717) is 19.0 Å². The van der Waals surface area contributed by atoms with Crippen LogP contribution in [0.2, 0.25) is 0 Å². The second-order valence-electron chi connectivity index (χ2n) is 6.09. The number of anilines is 1. The first kappa shape index (κ1) is 22.5. The van der Waals surface area contributed by atoms with Crippen LogP contribution in [0.5, 0.6) is 11.5 Å². The van der Waals surface area contributed by atoms with Gasteiger partial charge in [0.1, 0.15) is 0 Å². The van der Waals surface area contributed by atoms with Crippen molar-refractivity contribution in [2.45, 2.75) is 6.42 Å². The SMILES string of the molecule is CN=C(NCCNc1ccc([N+](=O)[O-])cc1)NCCc1ccc2c(c1)OCO2.I. The minimum Gasteiger partial charge on any atom is -0.454 e. The number of non-ortho nitro benzene ring substituents is 1. The van der Waals surface area contributed by atoms with E-state index in [0.717, 1.165) is 35.7 Å². The third-order valence-corrected chi connectivity index (χ3v) is 4.19. The molecule has 0 fully saturated rings. The van der Waals surface area contributed by atoms with E-state index in [9.17, 15) is 10.1 Å². The Hall–Kier alpha value is -2.76. The number of nitrogens with zero attached hydrogens (tertiary/aromatic N) is 2. The Labute approximate surface area is 186 Å². The highest BCUT2D eigenvalue weighted by atomic mass is 127. The quantitative estimate of drug-likeness (QED) is 0.124. The lowest BCUT2D eigenvalue weighted by Crippen LogP contribution is -2.40. The number of hydrogen-bond acceptors (Lipinski definition) is 6. The molecule has 0 aromatic heterocycles. The number of ether oxygens (including phenoxy) is 2. The van der Waals surface area contributed by atoms with E-state index in [-0.39, 0.29) is 36.5 Å². The van der Waals surface area contributed by atoms with Gasteiger partial charge in [0.2, 0.25) is 6.79 Å².